The first-order valence-corrected chi connectivity index (χ1v) is 32.1. The molecule has 0 aliphatic rings. The molecule has 79 heavy (non-hydrogen) atoms. The Kier molecular flexibility index (Phi) is 17.9. The number of nitriles is 1. The predicted octanol–water partition coefficient (Wildman–Crippen LogP) is 10.4. The van der Waals surface area contributed by atoms with Crippen molar-refractivity contribution in [2.75, 3.05) is 30.1 Å². The number of aromatic hydroxyl groups is 1. The van der Waals surface area contributed by atoms with E-state index in [1.165, 1.54) is 28.7 Å². The number of hydrogen-bond acceptors (Lipinski definition) is 23. The maximum atomic E-state index is 12.4. The fourth-order valence-electron chi connectivity index (χ4n) is 7.27. The highest BCUT2D eigenvalue weighted by Gasteiger charge is 2.24. The summed E-state index contributed by atoms with van der Waals surface area (Å²) in [5, 5.41) is 47.6. The number of fused-ring (bicyclic) bond motifs is 6. The molecule has 0 saturated heterocycles. The molecule has 0 radical (unpaired) electrons. The van der Waals surface area contributed by atoms with E-state index in [9.17, 15) is 70.7 Å². The molecule has 8 aromatic rings. The maximum Gasteiger partial charge on any atom is 0.296 e. The minimum atomic E-state index is -4.87. The maximum absolute atomic E-state index is 12.4. The number of para-hydroxylation sites is 2. The molecule has 0 unspecified atom stereocenters. The highest BCUT2D eigenvalue weighted by Crippen LogP contribution is 2.45. The number of ether oxygens (including phenoxy) is 1. The van der Waals surface area contributed by atoms with Crippen LogP contribution < -0.4 is 4.74 Å². The van der Waals surface area contributed by atoms with Gasteiger partial charge in [-0.05, 0) is 91.9 Å². The Morgan fingerprint density at radius 2 is 1.39 bits per heavy atom. The van der Waals surface area contributed by atoms with E-state index in [2.05, 4.69) is 46.7 Å². The van der Waals surface area contributed by atoms with Crippen LogP contribution in [0.25, 0.3) is 37.7 Å². The lowest BCUT2D eigenvalue weighted by Gasteiger charge is -2.11. The van der Waals surface area contributed by atoms with Crippen LogP contribution in [0.5, 0.6) is 11.6 Å². The molecular formula is C44H39ClN10O17S7. The first-order valence-electron chi connectivity index (χ1n) is 22.0. The molecule has 0 fully saturated rings. The summed E-state index contributed by atoms with van der Waals surface area (Å²) in [4.78, 5) is 8.05. The zero-order valence-electron chi connectivity index (χ0n) is 40.6. The fraction of sp³-hybridized carbons (Fsp3) is 0.205. The number of pyridine rings is 1. The van der Waals surface area contributed by atoms with Crippen molar-refractivity contribution in [1.29, 1.82) is 5.26 Å². The predicted molar refractivity (Wildman–Crippen MR) is 291 cm³/mol. The van der Waals surface area contributed by atoms with Crippen LogP contribution in [-0.2, 0) is 50.6 Å². The van der Waals surface area contributed by atoms with Gasteiger partial charge in [-0.3, -0.25) is 27.2 Å². The van der Waals surface area contributed by atoms with Gasteiger partial charge in [0.15, 0.2) is 11.3 Å². The van der Waals surface area contributed by atoms with Gasteiger partial charge in [0.2, 0.25) is 11.0 Å². The van der Waals surface area contributed by atoms with E-state index in [1.54, 1.807) is 44.2 Å². The average molecular weight is 1240 g/mol. The number of halogens is 1. The van der Waals surface area contributed by atoms with Crippen LogP contribution in [0.3, 0.4) is 0 Å². The molecule has 0 saturated carbocycles. The number of benzene rings is 5. The van der Waals surface area contributed by atoms with Crippen molar-refractivity contribution in [1.82, 2.24) is 14.4 Å². The van der Waals surface area contributed by atoms with Crippen molar-refractivity contribution >= 4 is 157 Å². The molecule has 27 nitrogen and oxygen atoms in total. The van der Waals surface area contributed by atoms with E-state index in [-0.39, 0.29) is 113 Å². The van der Waals surface area contributed by atoms with Gasteiger partial charge >= 0.3 is 0 Å². The Labute approximate surface area is 462 Å². The van der Waals surface area contributed by atoms with E-state index in [0.29, 0.717) is 27.7 Å². The molecule has 0 aliphatic heterocycles. The van der Waals surface area contributed by atoms with Crippen LogP contribution >= 0.6 is 34.7 Å². The monoisotopic (exact) mass is 1240 g/mol. The smallest absolute Gasteiger partial charge is 0.296 e. The van der Waals surface area contributed by atoms with Crippen molar-refractivity contribution in [3.8, 4) is 17.7 Å². The van der Waals surface area contributed by atoms with Gasteiger partial charge in [-0.25, -0.2) is 9.97 Å². The van der Waals surface area contributed by atoms with Crippen LogP contribution in [0.4, 0.5) is 33.6 Å². The molecule has 8 rings (SSSR count). The zero-order valence-corrected chi connectivity index (χ0v) is 47.0. The van der Waals surface area contributed by atoms with Gasteiger partial charge in [-0.15, -0.1) is 42.4 Å². The van der Waals surface area contributed by atoms with E-state index < -0.39 is 71.9 Å². The van der Waals surface area contributed by atoms with Gasteiger partial charge in [0.05, 0.1) is 61.4 Å². The highest BCUT2D eigenvalue weighted by atomic mass is 35.5. The number of nitrogens with zero attached hydrogens (tertiary/aromatic N) is 10. The summed E-state index contributed by atoms with van der Waals surface area (Å²) >= 11 is 8.66. The van der Waals surface area contributed by atoms with Gasteiger partial charge in [0.25, 0.3) is 50.6 Å². The number of aryl methyl sites for hydroxylation is 1. The molecule has 0 atom stereocenters. The molecule has 0 spiro atoms. The SMILES string of the molecule is CS(=O)(=O)O.Cc1cc(N=Nc2cc(OCCCS(=O)(=O)O)c(N=Nc3c(C)c(C#N)c4nc5ccccc5n4c3O)cc2Cl)c(SCCCS(=O)(=O)O)cc1N=Nc1nc2c(S(=O)(=O)O)cc3ccc(S(=O)(=O)O)cc3c2s1. The van der Waals surface area contributed by atoms with Gasteiger partial charge in [0.1, 0.15) is 39.2 Å². The lowest BCUT2D eigenvalue weighted by Crippen LogP contribution is -2.08. The topological polar surface area (TPSA) is 429 Å². The summed E-state index contributed by atoms with van der Waals surface area (Å²) in [6.45, 7) is 2.92. The third-order valence-electron chi connectivity index (χ3n) is 10.7. The summed E-state index contributed by atoms with van der Waals surface area (Å²) in [6.07, 6.45) is 0.556. The number of thioether (sulfide) groups is 1. The van der Waals surface area contributed by atoms with E-state index in [1.807, 2.05) is 0 Å². The molecular weight excluding hydrogens is 1200 g/mol. The van der Waals surface area contributed by atoms with Crippen LogP contribution in [0.1, 0.15) is 29.5 Å². The average Bonchev–Trinajstić information content (AvgIpc) is 4.17. The molecule has 0 amide bonds. The second-order valence-corrected chi connectivity index (χ2v) is 26.6. The summed E-state index contributed by atoms with van der Waals surface area (Å²) in [7, 11) is -21.9. The second-order valence-electron chi connectivity index (χ2n) is 16.6. The lowest BCUT2D eigenvalue weighted by molar-refractivity contribution is 0.317. The molecule has 6 N–H and O–H groups in total. The number of azo groups is 3. The Balaban J connectivity index is 0.00000173. The molecule has 0 aliphatic carbocycles. The minimum Gasteiger partial charge on any atom is -0.493 e. The lowest BCUT2D eigenvalue weighted by atomic mass is 10.1. The van der Waals surface area contributed by atoms with E-state index >= 15 is 0 Å². The van der Waals surface area contributed by atoms with Gasteiger partial charge in [-0.2, -0.15) is 47.4 Å². The second kappa shape index (κ2) is 23.5. The molecule has 5 aromatic carbocycles. The number of thiazole rings is 1. The molecule has 35 heteroatoms. The Bertz CT molecular complexity index is 4500. The van der Waals surface area contributed by atoms with Gasteiger partial charge < -0.3 is 9.84 Å². The van der Waals surface area contributed by atoms with Gasteiger partial charge in [-0.1, -0.05) is 41.1 Å². The number of hydrogen-bond donors (Lipinski definition) is 6. The summed E-state index contributed by atoms with van der Waals surface area (Å²) < 4.78 is 166. The first-order chi connectivity index (χ1) is 36.8. The van der Waals surface area contributed by atoms with Crippen LogP contribution in [-0.4, -0.2) is 114 Å². The van der Waals surface area contributed by atoms with Crippen molar-refractivity contribution in [3.63, 3.8) is 0 Å². The number of imidazole rings is 1. The minimum absolute atomic E-state index is 0.00187. The zero-order chi connectivity index (χ0) is 58.0. The summed E-state index contributed by atoms with van der Waals surface area (Å²) in [5.74, 6) is -1.49. The third kappa shape index (κ3) is 15.1. The largest absolute Gasteiger partial charge is 0.493 e. The molecule has 416 valence electrons. The molecule has 3 aromatic heterocycles. The van der Waals surface area contributed by atoms with Crippen molar-refractivity contribution < 1.29 is 74.7 Å². The Hall–Kier alpha value is -6.72. The van der Waals surface area contributed by atoms with Crippen molar-refractivity contribution in [3.05, 3.63) is 94.5 Å². The van der Waals surface area contributed by atoms with Crippen LogP contribution in [0, 0.1) is 25.2 Å². The van der Waals surface area contributed by atoms with E-state index in [4.69, 9.17) is 20.9 Å². The fourth-order valence-corrected chi connectivity index (χ4v) is 11.8. The first kappa shape index (κ1) is 59.9. The van der Waals surface area contributed by atoms with Crippen LogP contribution in [0.15, 0.2) is 118 Å². The van der Waals surface area contributed by atoms with Gasteiger partial charge in [0, 0.05) is 21.9 Å². The number of rotatable bonds is 18. The Morgan fingerprint density at radius 3 is 2.05 bits per heavy atom. The molecule has 0 bridgehead atoms. The summed E-state index contributed by atoms with van der Waals surface area (Å²) in [6, 6.07) is 19.2. The third-order valence-corrected chi connectivity index (χ3v) is 16.4. The van der Waals surface area contributed by atoms with Crippen molar-refractivity contribution in [2.24, 2.45) is 30.7 Å². The van der Waals surface area contributed by atoms with Crippen LogP contribution in [0.2, 0.25) is 5.02 Å². The number of aromatic nitrogens is 3. The Morgan fingerprint density at radius 1 is 0.747 bits per heavy atom. The van der Waals surface area contributed by atoms with E-state index in [0.717, 1.165) is 41.3 Å². The summed E-state index contributed by atoms with van der Waals surface area (Å²) in [5.41, 5.74) is 2.03. The molecule has 3 heterocycles. The highest BCUT2D eigenvalue weighted by molar-refractivity contribution is 7.99. The quantitative estimate of drug-likeness (QED) is 0.0201. The normalized spacial score (nSPS) is 12.9. The van der Waals surface area contributed by atoms with Crippen molar-refractivity contribution in [2.45, 2.75) is 41.4 Å². The standard InChI is InChI=1S/C43H35ClN10O14S6.CH4O3S/c1-22-15-33(36(69-12-6-14-72(59,60)61)20-30(22)48-53-43-47-39-37(74(65,66)67)16-24-9-10-25(73(62,63)64)17-26(24)40(39)70-43)51-49-31-19-35(68-11-5-13-71(56,57)58)32(18-28(31)44)50-52-38-23(2)27(21-45)41-46-29-7-3-4-8-34(29)54(41)42(38)55;1-5(2,3)4/h3-4,7-10,15-20,55H,5-6,11-14H2,1-2H3,(H,56,57,58)(H,59,60,61)(H,62,63,64)(H,65,66,67);1H3,(H,2,3,4).